The van der Waals surface area contributed by atoms with Crippen molar-refractivity contribution in [2.45, 2.75) is 32.9 Å². The minimum Gasteiger partial charge on any atom is -0.373 e. The molecule has 1 aromatic heterocycles. The molecule has 0 amide bonds. The smallest absolute Gasteiger partial charge is 0.191 e. The first-order chi connectivity index (χ1) is 8.36. The van der Waals surface area contributed by atoms with E-state index in [1.165, 1.54) is 0 Å². The second-order valence-electron chi connectivity index (χ2n) is 5.52. The van der Waals surface area contributed by atoms with E-state index in [1.807, 2.05) is 19.4 Å². The third-order valence-electron chi connectivity index (χ3n) is 3.21. The van der Waals surface area contributed by atoms with E-state index >= 15 is 0 Å². The normalized spacial score (nSPS) is 13.2. The molecule has 0 bridgehead atoms. The Kier molecular flexibility index (Phi) is 5.26. The van der Waals surface area contributed by atoms with Gasteiger partial charge in [0.1, 0.15) is 11.6 Å². The molecule has 2 N–H and O–H groups in total. The number of nitrogens with zero attached hydrogens (tertiary/aromatic N) is 2. The summed E-state index contributed by atoms with van der Waals surface area (Å²) in [6, 6.07) is 1.94. The fourth-order valence-electron chi connectivity index (χ4n) is 1.30. The molecule has 0 radical (unpaired) electrons. The predicted molar refractivity (Wildman–Crippen MR) is 80.5 cm³/mol. The van der Waals surface area contributed by atoms with Crippen molar-refractivity contribution in [2.24, 2.45) is 11.3 Å². The second-order valence-corrected chi connectivity index (χ2v) is 6.30. The van der Waals surface area contributed by atoms with Crippen LogP contribution in [-0.2, 0) is 0 Å². The highest BCUT2D eigenvalue weighted by Gasteiger charge is 2.19. The van der Waals surface area contributed by atoms with Gasteiger partial charge in [-0.05, 0) is 17.6 Å². The van der Waals surface area contributed by atoms with Gasteiger partial charge in [-0.25, -0.2) is 9.97 Å². The zero-order valence-electron chi connectivity index (χ0n) is 12.2. The van der Waals surface area contributed by atoms with E-state index in [0.717, 1.165) is 23.3 Å². The third-order valence-corrected chi connectivity index (χ3v) is 3.76. The minimum atomic E-state index is 0.300. The molecule has 5 heteroatoms. The van der Waals surface area contributed by atoms with Crippen LogP contribution >= 0.6 is 11.8 Å². The number of thioether (sulfide) groups is 1. The summed E-state index contributed by atoms with van der Waals surface area (Å²) in [5.74, 6) is 2.30. The van der Waals surface area contributed by atoms with Crippen LogP contribution in [0, 0.1) is 11.3 Å². The minimum absolute atomic E-state index is 0.300. The topological polar surface area (TPSA) is 49.8 Å². The van der Waals surface area contributed by atoms with Crippen LogP contribution in [0.3, 0.4) is 0 Å². The van der Waals surface area contributed by atoms with Gasteiger partial charge in [0.25, 0.3) is 0 Å². The number of rotatable bonds is 5. The van der Waals surface area contributed by atoms with E-state index in [1.54, 1.807) is 11.8 Å². The first-order valence-corrected chi connectivity index (χ1v) is 7.44. The molecular weight excluding hydrogens is 244 g/mol. The summed E-state index contributed by atoms with van der Waals surface area (Å²) in [7, 11) is 1.87. The van der Waals surface area contributed by atoms with Crippen molar-refractivity contribution >= 4 is 23.4 Å². The van der Waals surface area contributed by atoms with Gasteiger partial charge in [0, 0.05) is 19.7 Å². The van der Waals surface area contributed by atoms with Crippen LogP contribution < -0.4 is 10.6 Å². The summed E-state index contributed by atoms with van der Waals surface area (Å²) in [6.07, 6.45) is 1.98. The lowest BCUT2D eigenvalue weighted by Crippen LogP contribution is -2.25. The SMILES string of the molecule is CNc1cc(NCC(C)C(C)(C)C)nc(SC)n1. The molecule has 0 aliphatic rings. The van der Waals surface area contributed by atoms with E-state index in [4.69, 9.17) is 0 Å². The fourth-order valence-corrected chi connectivity index (χ4v) is 1.68. The number of hydrogen-bond acceptors (Lipinski definition) is 5. The average molecular weight is 268 g/mol. The van der Waals surface area contributed by atoms with Crippen molar-refractivity contribution in [3.8, 4) is 0 Å². The molecule has 1 heterocycles. The second kappa shape index (κ2) is 6.27. The number of nitrogens with one attached hydrogen (secondary N) is 2. The van der Waals surface area contributed by atoms with Crippen LogP contribution in [0.15, 0.2) is 11.2 Å². The van der Waals surface area contributed by atoms with Gasteiger partial charge in [-0.3, -0.25) is 0 Å². The Morgan fingerprint density at radius 3 is 2.39 bits per heavy atom. The van der Waals surface area contributed by atoms with Crippen molar-refractivity contribution in [1.29, 1.82) is 0 Å². The Balaban J connectivity index is 2.72. The van der Waals surface area contributed by atoms with Gasteiger partial charge in [0.15, 0.2) is 5.16 Å². The first kappa shape index (κ1) is 15.1. The Bertz CT molecular complexity index is 365. The summed E-state index contributed by atoms with van der Waals surface area (Å²) in [5.41, 5.74) is 0.300. The van der Waals surface area contributed by atoms with Gasteiger partial charge in [-0.1, -0.05) is 39.5 Å². The molecule has 0 spiro atoms. The van der Waals surface area contributed by atoms with E-state index in [9.17, 15) is 0 Å². The van der Waals surface area contributed by atoms with Gasteiger partial charge in [0.05, 0.1) is 0 Å². The van der Waals surface area contributed by atoms with E-state index in [-0.39, 0.29) is 0 Å². The molecule has 0 aliphatic heterocycles. The summed E-state index contributed by atoms with van der Waals surface area (Å²) in [6.45, 7) is 9.93. The average Bonchev–Trinajstić information content (AvgIpc) is 2.34. The predicted octanol–water partition coefficient (Wildman–Crippen LogP) is 3.33. The third kappa shape index (κ3) is 4.37. The molecule has 1 unspecified atom stereocenters. The van der Waals surface area contributed by atoms with E-state index < -0.39 is 0 Å². The highest BCUT2D eigenvalue weighted by molar-refractivity contribution is 7.98. The highest BCUT2D eigenvalue weighted by Crippen LogP contribution is 2.25. The van der Waals surface area contributed by atoms with Crippen LogP contribution in [0.4, 0.5) is 11.6 Å². The first-order valence-electron chi connectivity index (χ1n) is 6.21. The lowest BCUT2D eigenvalue weighted by Gasteiger charge is -2.27. The molecule has 0 saturated heterocycles. The van der Waals surface area contributed by atoms with Crippen LogP contribution in [0.5, 0.6) is 0 Å². The molecule has 18 heavy (non-hydrogen) atoms. The van der Waals surface area contributed by atoms with Crippen molar-refractivity contribution in [3.63, 3.8) is 0 Å². The zero-order valence-corrected chi connectivity index (χ0v) is 13.0. The molecular formula is C13H24N4S. The molecule has 0 aliphatic carbocycles. The Hall–Kier alpha value is -0.970. The quantitative estimate of drug-likeness (QED) is 0.633. The van der Waals surface area contributed by atoms with Gasteiger partial charge < -0.3 is 10.6 Å². The van der Waals surface area contributed by atoms with Crippen molar-refractivity contribution < 1.29 is 0 Å². The Morgan fingerprint density at radius 2 is 1.89 bits per heavy atom. The Labute approximate surface area is 114 Å². The molecule has 4 nitrogen and oxygen atoms in total. The van der Waals surface area contributed by atoms with Crippen molar-refractivity contribution in [3.05, 3.63) is 6.07 Å². The molecule has 1 rings (SSSR count). The summed E-state index contributed by atoms with van der Waals surface area (Å²) in [4.78, 5) is 8.80. The number of aromatic nitrogens is 2. The van der Waals surface area contributed by atoms with Crippen LogP contribution in [0.2, 0.25) is 0 Å². The van der Waals surface area contributed by atoms with E-state index in [2.05, 4.69) is 48.3 Å². The number of hydrogen-bond donors (Lipinski definition) is 2. The summed E-state index contributed by atoms with van der Waals surface area (Å²) >= 11 is 1.55. The maximum absolute atomic E-state index is 4.45. The lowest BCUT2D eigenvalue weighted by atomic mass is 9.82. The Morgan fingerprint density at radius 1 is 1.28 bits per heavy atom. The van der Waals surface area contributed by atoms with Crippen molar-refractivity contribution in [2.75, 3.05) is 30.5 Å². The molecule has 0 fully saturated rings. The molecule has 0 saturated carbocycles. The zero-order chi connectivity index (χ0) is 13.8. The van der Waals surface area contributed by atoms with Gasteiger partial charge in [-0.2, -0.15) is 0 Å². The molecule has 1 atom stereocenters. The molecule has 0 aromatic carbocycles. The highest BCUT2D eigenvalue weighted by atomic mass is 32.2. The summed E-state index contributed by atoms with van der Waals surface area (Å²) < 4.78 is 0. The molecule has 1 aromatic rings. The largest absolute Gasteiger partial charge is 0.373 e. The molecule has 102 valence electrons. The maximum atomic E-state index is 4.45. The number of anilines is 2. The van der Waals surface area contributed by atoms with Gasteiger partial charge in [0.2, 0.25) is 0 Å². The van der Waals surface area contributed by atoms with Crippen molar-refractivity contribution in [1.82, 2.24) is 9.97 Å². The van der Waals surface area contributed by atoms with Gasteiger partial charge in [-0.15, -0.1) is 0 Å². The lowest BCUT2D eigenvalue weighted by molar-refractivity contribution is 0.274. The van der Waals surface area contributed by atoms with Gasteiger partial charge >= 0.3 is 0 Å². The van der Waals surface area contributed by atoms with E-state index in [0.29, 0.717) is 11.3 Å². The van der Waals surface area contributed by atoms with Crippen LogP contribution in [-0.4, -0.2) is 29.8 Å². The fraction of sp³-hybridized carbons (Fsp3) is 0.692. The standard InChI is InChI=1S/C13H24N4S/c1-9(13(2,3)4)8-15-11-7-10(14-5)16-12(17-11)18-6/h7,9H,8H2,1-6H3,(H2,14,15,16,17). The van der Waals surface area contributed by atoms with Crippen LogP contribution in [0.1, 0.15) is 27.7 Å². The monoisotopic (exact) mass is 268 g/mol. The summed E-state index contributed by atoms with van der Waals surface area (Å²) in [5, 5.41) is 7.24. The maximum Gasteiger partial charge on any atom is 0.191 e. The van der Waals surface area contributed by atoms with Crippen LogP contribution in [0.25, 0.3) is 0 Å².